The Morgan fingerprint density at radius 1 is 1.22 bits per heavy atom. The summed E-state index contributed by atoms with van der Waals surface area (Å²) >= 11 is 6.59. The van der Waals surface area contributed by atoms with Crippen LogP contribution in [-0.4, -0.2) is 84.0 Å². The van der Waals surface area contributed by atoms with Gasteiger partial charge in [0.05, 0.1) is 29.5 Å². The lowest BCUT2D eigenvalue weighted by Gasteiger charge is -2.37. The summed E-state index contributed by atoms with van der Waals surface area (Å²) in [5, 5.41) is 13.8. The van der Waals surface area contributed by atoms with E-state index >= 15 is 0 Å². The summed E-state index contributed by atoms with van der Waals surface area (Å²) in [6.07, 6.45) is 5.53. The zero-order chi connectivity index (χ0) is 29.0. The average Bonchev–Trinajstić information content (AvgIpc) is 3.32. The van der Waals surface area contributed by atoms with E-state index < -0.39 is 11.4 Å². The minimum absolute atomic E-state index is 0.00340. The van der Waals surface area contributed by atoms with Crippen LogP contribution in [0.25, 0.3) is 33.3 Å². The van der Waals surface area contributed by atoms with Crippen LogP contribution in [0.4, 0.5) is 11.4 Å². The number of rotatable bonds is 6. The number of carboxylic acid groups (broad SMARTS) is 1. The molecule has 1 saturated heterocycles. The maximum Gasteiger partial charge on any atom is 0.341 e. The number of aromatic nitrogens is 3. The van der Waals surface area contributed by atoms with Crippen LogP contribution in [0.1, 0.15) is 21.6 Å². The molecule has 1 unspecified atom stereocenters. The van der Waals surface area contributed by atoms with E-state index in [0.29, 0.717) is 42.4 Å². The number of pyridine rings is 3. The summed E-state index contributed by atoms with van der Waals surface area (Å²) in [7, 11) is 7.63. The van der Waals surface area contributed by atoms with Gasteiger partial charge in [-0.05, 0) is 43.4 Å². The molecule has 0 spiro atoms. The largest absolute Gasteiger partial charge is 0.477 e. The van der Waals surface area contributed by atoms with Crippen molar-refractivity contribution >= 4 is 40.0 Å². The Morgan fingerprint density at radius 3 is 2.76 bits per heavy atom. The molecule has 11 heteroatoms. The summed E-state index contributed by atoms with van der Waals surface area (Å²) < 4.78 is 7.68. The molecule has 10 nitrogen and oxygen atoms in total. The van der Waals surface area contributed by atoms with Gasteiger partial charge >= 0.3 is 5.97 Å². The average molecular weight is 575 g/mol. The number of carbonyl (C=O) groups is 1. The lowest BCUT2D eigenvalue weighted by Crippen LogP contribution is -2.46. The third kappa shape index (κ3) is 4.71. The highest BCUT2D eigenvalue weighted by atomic mass is 35.5. The number of fused-ring (bicyclic) bond motifs is 4. The second-order valence-corrected chi connectivity index (χ2v) is 11.3. The molecule has 2 N–H and O–H groups in total. The van der Waals surface area contributed by atoms with Crippen molar-refractivity contribution < 1.29 is 14.6 Å². The molecule has 6 rings (SSSR count). The molecule has 2 aliphatic rings. The Morgan fingerprint density at radius 2 is 2.02 bits per heavy atom. The molecule has 1 fully saturated rings. The summed E-state index contributed by atoms with van der Waals surface area (Å²) in [4.78, 5) is 38.9. The molecular formula is C30H31ClN6O4. The minimum Gasteiger partial charge on any atom is -0.477 e. The third-order valence-electron chi connectivity index (χ3n) is 7.81. The summed E-state index contributed by atoms with van der Waals surface area (Å²) in [5.74, 6) is -1.27. The lowest BCUT2D eigenvalue weighted by atomic mass is 9.97. The number of likely N-dealkylation sites (N-methyl/N-ethyl adjacent to an activating group) is 1. The Hall–Kier alpha value is -3.99. The molecule has 41 heavy (non-hydrogen) atoms. The molecule has 0 bridgehead atoms. The fraction of sp³-hybridized carbons (Fsp3) is 0.333. The van der Waals surface area contributed by atoms with Crippen molar-refractivity contribution in [1.29, 1.82) is 0 Å². The van der Waals surface area contributed by atoms with Crippen molar-refractivity contribution in [2.45, 2.75) is 12.5 Å². The summed E-state index contributed by atoms with van der Waals surface area (Å²) in [6, 6.07) is 5.65. The van der Waals surface area contributed by atoms with Crippen LogP contribution in [0, 0.1) is 0 Å². The number of aromatic carboxylic acids is 1. The highest BCUT2D eigenvalue weighted by Gasteiger charge is 2.33. The van der Waals surface area contributed by atoms with Crippen molar-refractivity contribution in [2.75, 3.05) is 57.6 Å². The molecule has 1 aromatic carbocycles. The van der Waals surface area contributed by atoms with E-state index in [-0.39, 0.29) is 17.1 Å². The van der Waals surface area contributed by atoms with Crippen molar-refractivity contribution in [3.05, 3.63) is 68.9 Å². The van der Waals surface area contributed by atoms with Gasteiger partial charge in [-0.2, -0.15) is 0 Å². The Balaban J connectivity index is 1.60. The molecule has 0 amide bonds. The predicted octanol–water partition coefficient (Wildman–Crippen LogP) is 3.73. The fourth-order valence-electron chi connectivity index (χ4n) is 6.04. The minimum atomic E-state index is -1.27. The number of carboxylic acids is 1. The molecular weight excluding hydrogens is 544 g/mol. The SMILES string of the molecule is CNc1cc(Cl)cc2c1Cc1ncc(-c3cnc4c(c3)c(=O)c(C(=O)O)cn4C)c(N3CCOC(CN(C)C)C3)c1-2. The van der Waals surface area contributed by atoms with Gasteiger partial charge in [-0.1, -0.05) is 11.6 Å². The molecule has 4 heterocycles. The van der Waals surface area contributed by atoms with Gasteiger partial charge in [0.15, 0.2) is 0 Å². The maximum absolute atomic E-state index is 13.2. The fourth-order valence-corrected chi connectivity index (χ4v) is 6.26. The number of hydrogen-bond donors (Lipinski definition) is 2. The summed E-state index contributed by atoms with van der Waals surface area (Å²) in [5.41, 5.74) is 7.10. The zero-order valence-electron chi connectivity index (χ0n) is 23.4. The first-order valence-electron chi connectivity index (χ1n) is 13.4. The summed E-state index contributed by atoms with van der Waals surface area (Å²) in [6.45, 7) is 2.69. The van der Waals surface area contributed by atoms with Crippen LogP contribution < -0.4 is 15.6 Å². The Kier molecular flexibility index (Phi) is 6.93. The van der Waals surface area contributed by atoms with Gasteiger partial charge in [0, 0.05) is 86.1 Å². The highest BCUT2D eigenvalue weighted by Crippen LogP contribution is 2.49. The van der Waals surface area contributed by atoms with Gasteiger partial charge < -0.3 is 29.5 Å². The van der Waals surface area contributed by atoms with Gasteiger partial charge in [0.2, 0.25) is 5.43 Å². The van der Waals surface area contributed by atoms with Gasteiger partial charge in [0.25, 0.3) is 0 Å². The van der Waals surface area contributed by atoms with E-state index in [1.807, 2.05) is 39.5 Å². The standard InChI is InChI=1S/C30H31ClN6O4/c1-32-24-9-17(31)8-20-19(24)10-25-26(20)27(37-5-6-41-18(14-37)13-35(2)3)22(12-33-25)16-7-21-28(38)23(30(39)40)15-36(4)29(21)34-11-16/h7-9,11-12,15,18,32H,5-6,10,13-14H2,1-4H3,(H,39,40). The van der Waals surface area contributed by atoms with Gasteiger partial charge in [0.1, 0.15) is 11.2 Å². The van der Waals surface area contributed by atoms with Crippen molar-refractivity contribution in [1.82, 2.24) is 19.4 Å². The second kappa shape index (κ2) is 10.4. The first-order valence-corrected chi connectivity index (χ1v) is 13.8. The first-order chi connectivity index (χ1) is 19.7. The number of benzene rings is 1. The van der Waals surface area contributed by atoms with E-state index in [9.17, 15) is 14.7 Å². The van der Waals surface area contributed by atoms with Gasteiger partial charge in [-0.15, -0.1) is 0 Å². The molecule has 212 valence electrons. The van der Waals surface area contributed by atoms with Crippen LogP contribution >= 0.6 is 11.6 Å². The molecule has 1 aliphatic heterocycles. The molecule has 0 radical (unpaired) electrons. The van der Waals surface area contributed by atoms with E-state index in [4.69, 9.17) is 21.3 Å². The van der Waals surface area contributed by atoms with Crippen LogP contribution in [-0.2, 0) is 18.2 Å². The second-order valence-electron chi connectivity index (χ2n) is 10.8. The number of aryl methyl sites for hydroxylation is 1. The highest BCUT2D eigenvalue weighted by molar-refractivity contribution is 6.31. The van der Waals surface area contributed by atoms with E-state index in [1.54, 1.807) is 23.9 Å². The van der Waals surface area contributed by atoms with E-state index in [1.165, 1.54) is 6.20 Å². The number of anilines is 2. The smallest absolute Gasteiger partial charge is 0.341 e. The van der Waals surface area contributed by atoms with Gasteiger partial charge in [-0.3, -0.25) is 9.78 Å². The normalized spacial score (nSPS) is 16.2. The number of hydrogen-bond acceptors (Lipinski definition) is 8. The van der Waals surface area contributed by atoms with E-state index in [2.05, 4.69) is 20.1 Å². The Labute approximate surface area is 242 Å². The maximum atomic E-state index is 13.2. The Bertz CT molecular complexity index is 1770. The number of halogens is 1. The van der Waals surface area contributed by atoms with Crippen LogP contribution in [0.2, 0.25) is 5.02 Å². The van der Waals surface area contributed by atoms with Crippen LogP contribution in [0.15, 0.2) is 41.6 Å². The molecule has 1 aliphatic carbocycles. The lowest BCUT2D eigenvalue weighted by molar-refractivity contribution is 0.0248. The van der Waals surface area contributed by atoms with Gasteiger partial charge in [-0.25, -0.2) is 9.78 Å². The quantitative estimate of drug-likeness (QED) is 0.313. The number of ether oxygens (including phenoxy) is 1. The first kappa shape index (κ1) is 27.2. The number of nitrogens with one attached hydrogen (secondary N) is 1. The number of morpholine rings is 1. The predicted molar refractivity (Wildman–Crippen MR) is 160 cm³/mol. The molecule has 4 aromatic rings. The topological polar surface area (TPSA) is 113 Å². The zero-order valence-corrected chi connectivity index (χ0v) is 24.1. The number of nitrogens with zero attached hydrogens (tertiary/aromatic N) is 5. The molecule has 1 atom stereocenters. The molecule has 0 saturated carbocycles. The van der Waals surface area contributed by atoms with Crippen molar-refractivity contribution in [3.63, 3.8) is 0 Å². The van der Waals surface area contributed by atoms with E-state index in [0.717, 1.165) is 45.9 Å². The molecule has 3 aromatic heterocycles. The third-order valence-corrected chi connectivity index (χ3v) is 8.02. The van der Waals surface area contributed by atoms with Crippen LogP contribution in [0.3, 0.4) is 0 Å². The monoisotopic (exact) mass is 574 g/mol. The van der Waals surface area contributed by atoms with Crippen molar-refractivity contribution in [3.8, 4) is 22.3 Å². The van der Waals surface area contributed by atoms with Crippen molar-refractivity contribution in [2.24, 2.45) is 7.05 Å². The van der Waals surface area contributed by atoms with Crippen LogP contribution in [0.5, 0.6) is 0 Å².